The van der Waals surface area contributed by atoms with Gasteiger partial charge in [-0.2, -0.15) is 5.10 Å². The standard InChI is InChI=1S/C16H20BrN3/c1-3-11(4-2)15-12-9-10-18-16(12)20(19-15)14-8-6-5-7-13(14)17/h5-8,11,18H,3-4,9-10H2,1-2H3. The molecule has 3 nitrogen and oxygen atoms in total. The maximum atomic E-state index is 4.93. The van der Waals surface area contributed by atoms with Crippen molar-refractivity contribution in [3.05, 3.63) is 40.0 Å². The van der Waals surface area contributed by atoms with Crippen LogP contribution in [-0.4, -0.2) is 16.3 Å². The Balaban J connectivity index is 2.14. The summed E-state index contributed by atoms with van der Waals surface area (Å²) in [6, 6.07) is 8.26. The zero-order valence-electron chi connectivity index (χ0n) is 12.0. The van der Waals surface area contributed by atoms with Crippen molar-refractivity contribution in [1.82, 2.24) is 9.78 Å². The van der Waals surface area contributed by atoms with E-state index in [0.717, 1.165) is 36.0 Å². The molecule has 0 atom stereocenters. The maximum absolute atomic E-state index is 4.93. The second-order valence-corrected chi connectivity index (χ2v) is 6.12. The van der Waals surface area contributed by atoms with E-state index in [-0.39, 0.29) is 0 Å². The Labute approximate surface area is 128 Å². The summed E-state index contributed by atoms with van der Waals surface area (Å²) in [6.07, 6.45) is 3.39. The minimum atomic E-state index is 0.562. The fourth-order valence-electron chi connectivity index (χ4n) is 3.00. The molecule has 1 aliphatic heterocycles. The number of nitrogens with one attached hydrogen (secondary N) is 1. The van der Waals surface area contributed by atoms with Gasteiger partial charge in [-0.1, -0.05) is 26.0 Å². The van der Waals surface area contributed by atoms with Crippen LogP contribution in [0.2, 0.25) is 0 Å². The molecule has 106 valence electrons. The minimum Gasteiger partial charge on any atom is -0.369 e. The monoisotopic (exact) mass is 333 g/mol. The molecule has 1 aromatic heterocycles. The molecule has 0 bridgehead atoms. The number of fused-ring (bicyclic) bond motifs is 1. The Morgan fingerprint density at radius 3 is 2.75 bits per heavy atom. The van der Waals surface area contributed by atoms with E-state index >= 15 is 0 Å². The van der Waals surface area contributed by atoms with Crippen molar-refractivity contribution in [3.8, 4) is 5.69 Å². The lowest BCUT2D eigenvalue weighted by Gasteiger charge is -2.11. The summed E-state index contributed by atoms with van der Waals surface area (Å²) in [4.78, 5) is 0. The van der Waals surface area contributed by atoms with E-state index in [1.165, 1.54) is 17.1 Å². The Morgan fingerprint density at radius 2 is 2.05 bits per heavy atom. The van der Waals surface area contributed by atoms with Crippen LogP contribution in [0.3, 0.4) is 0 Å². The molecule has 20 heavy (non-hydrogen) atoms. The molecule has 0 saturated heterocycles. The molecule has 0 radical (unpaired) electrons. The third kappa shape index (κ3) is 2.16. The van der Waals surface area contributed by atoms with Crippen molar-refractivity contribution in [2.45, 2.75) is 39.0 Å². The lowest BCUT2D eigenvalue weighted by Crippen LogP contribution is -2.07. The summed E-state index contributed by atoms with van der Waals surface area (Å²) in [5.74, 6) is 1.74. The summed E-state index contributed by atoms with van der Waals surface area (Å²) >= 11 is 3.63. The van der Waals surface area contributed by atoms with Crippen molar-refractivity contribution >= 4 is 21.7 Å². The highest BCUT2D eigenvalue weighted by atomic mass is 79.9. The number of aromatic nitrogens is 2. The molecular weight excluding hydrogens is 314 g/mol. The largest absolute Gasteiger partial charge is 0.369 e. The second-order valence-electron chi connectivity index (χ2n) is 5.27. The first-order chi connectivity index (χ1) is 9.76. The van der Waals surface area contributed by atoms with Crippen LogP contribution < -0.4 is 5.32 Å². The molecule has 0 spiro atoms. The lowest BCUT2D eigenvalue weighted by molar-refractivity contribution is 0.607. The zero-order valence-corrected chi connectivity index (χ0v) is 13.6. The molecule has 2 heterocycles. The van der Waals surface area contributed by atoms with Crippen LogP contribution in [0.25, 0.3) is 5.69 Å². The quantitative estimate of drug-likeness (QED) is 0.892. The third-order valence-corrected chi connectivity index (χ3v) is 4.81. The van der Waals surface area contributed by atoms with E-state index in [0.29, 0.717) is 5.92 Å². The van der Waals surface area contributed by atoms with E-state index in [9.17, 15) is 0 Å². The normalized spacial score (nSPS) is 13.6. The van der Waals surface area contributed by atoms with Gasteiger partial charge in [0.15, 0.2) is 0 Å². The SMILES string of the molecule is CCC(CC)c1nn(-c2ccccc2Br)c2c1CCN2. The number of halogens is 1. The predicted octanol–water partition coefficient (Wildman–Crippen LogP) is 4.51. The van der Waals surface area contributed by atoms with Gasteiger partial charge in [-0.05, 0) is 47.3 Å². The molecule has 0 fully saturated rings. The Morgan fingerprint density at radius 1 is 1.30 bits per heavy atom. The molecule has 1 aromatic carbocycles. The first-order valence-electron chi connectivity index (χ1n) is 7.36. The van der Waals surface area contributed by atoms with Gasteiger partial charge in [0.2, 0.25) is 0 Å². The Bertz CT molecular complexity index is 614. The number of hydrogen-bond donors (Lipinski definition) is 1. The second kappa shape index (κ2) is 5.60. The molecule has 0 unspecified atom stereocenters. The van der Waals surface area contributed by atoms with E-state index in [2.05, 4.69) is 58.0 Å². The molecule has 1 N–H and O–H groups in total. The van der Waals surface area contributed by atoms with Crippen molar-refractivity contribution in [1.29, 1.82) is 0 Å². The predicted molar refractivity (Wildman–Crippen MR) is 86.8 cm³/mol. The topological polar surface area (TPSA) is 29.9 Å². The van der Waals surface area contributed by atoms with Crippen LogP contribution in [0.1, 0.15) is 43.9 Å². The van der Waals surface area contributed by atoms with Crippen LogP contribution in [0.5, 0.6) is 0 Å². The smallest absolute Gasteiger partial charge is 0.133 e. The number of rotatable bonds is 4. The van der Waals surface area contributed by atoms with Gasteiger partial charge in [0.25, 0.3) is 0 Å². The van der Waals surface area contributed by atoms with Crippen molar-refractivity contribution < 1.29 is 0 Å². The van der Waals surface area contributed by atoms with Crippen LogP contribution in [0, 0.1) is 0 Å². The van der Waals surface area contributed by atoms with Gasteiger partial charge in [-0.3, -0.25) is 0 Å². The summed E-state index contributed by atoms with van der Waals surface area (Å²) in [5, 5.41) is 8.43. The van der Waals surface area contributed by atoms with E-state index in [1.54, 1.807) is 0 Å². The number of nitrogens with zero attached hydrogens (tertiary/aromatic N) is 2. The molecular formula is C16H20BrN3. The molecule has 1 aliphatic rings. The van der Waals surface area contributed by atoms with Crippen LogP contribution in [-0.2, 0) is 6.42 Å². The summed E-state index contributed by atoms with van der Waals surface area (Å²) in [5.41, 5.74) is 3.80. The highest BCUT2D eigenvalue weighted by Gasteiger charge is 2.26. The lowest BCUT2D eigenvalue weighted by atomic mass is 9.96. The summed E-state index contributed by atoms with van der Waals surface area (Å²) in [7, 11) is 0. The number of para-hydroxylation sites is 1. The fraction of sp³-hybridized carbons (Fsp3) is 0.438. The van der Waals surface area contributed by atoms with Gasteiger partial charge in [0.1, 0.15) is 5.82 Å². The van der Waals surface area contributed by atoms with Gasteiger partial charge in [0, 0.05) is 22.5 Å². The Hall–Kier alpha value is -1.29. The molecule has 4 heteroatoms. The van der Waals surface area contributed by atoms with Gasteiger partial charge in [-0.15, -0.1) is 0 Å². The fourth-order valence-corrected chi connectivity index (χ4v) is 3.46. The number of anilines is 1. The van der Waals surface area contributed by atoms with Crippen molar-refractivity contribution in [3.63, 3.8) is 0 Å². The average molecular weight is 334 g/mol. The van der Waals surface area contributed by atoms with E-state index in [1.807, 2.05) is 6.07 Å². The molecule has 0 saturated carbocycles. The molecule has 0 aliphatic carbocycles. The first kappa shape index (κ1) is 13.7. The van der Waals surface area contributed by atoms with Gasteiger partial charge < -0.3 is 5.32 Å². The van der Waals surface area contributed by atoms with Crippen LogP contribution in [0.4, 0.5) is 5.82 Å². The number of hydrogen-bond acceptors (Lipinski definition) is 2. The van der Waals surface area contributed by atoms with E-state index < -0.39 is 0 Å². The van der Waals surface area contributed by atoms with Gasteiger partial charge in [-0.25, -0.2) is 4.68 Å². The molecule has 0 amide bonds. The van der Waals surface area contributed by atoms with E-state index in [4.69, 9.17) is 5.10 Å². The maximum Gasteiger partial charge on any atom is 0.133 e. The zero-order chi connectivity index (χ0) is 14.1. The van der Waals surface area contributed by atoms with Gasteiger partial charge >= 0.3 is 0 Å². The van der Waals surface area contributed by atoms with Crippen LogP contribution >= 0.6 is 15.9 Å². The number of benzene rings is 1. The minimum absolute atomic E-state index is 0.562. The third-order valence-electron chi connectivity index (χ3n) is 4.13. The Kier molecular flexibility index (Phi) is 3.83. The van der Waals surface area contributed by atoms with Gasteiger partial charge in [0.05, 0.1) is 11.4 Å². The average Bonchev–Trinajstić information content (AvgIpc) is 3.04. The highest BCUT2D eigenvalue weighted by molar-refractivity contribution is 9.10. The first-order valence-corrected chi connectivity index (χ1v) is 8.16. The highest BCUT2D eigenvalue weighted by Crippen LogP contribution is 2.36. The van der Waals surface area contributed by atoms with Crippen molar-refractivity contribution in [2.75, 3.05) is 11.9 Å². The molecule has 3 rings (SSSR count). The summed E-state index contributed by atoms with van der Waals surface area (Å²) in [6.45, 7) is 5.52. The van der Waals surface area contributed by atoms with Crippen LogP contribution in [0.15, 0.2) is 28.7 Å². The van der Waals surface area contributed by atoms with Crippen molar-refractivity contribution in [2.24, 2.45) is 0 Å². The molecule has 2 aromatic rings. The summed E-state index contributed by atoms with van der Waals surface area (Å²) < 4.78 is 3.15.